The second-order valence-electron chi connectivity index (χ2n) is 7.40. The first-order valence-electron chi connectivity index (χ1n) is 10.2. The Morgan fingerprint density at radius 2 is 0.743 bits per heavy atom. The van der Waals surface area contributed by atoms with Crippen LogP contribution in [0.3, 0.4) is 0 Å². The van der Waals surface area contributed by atoms with Gasteiger partial charge >= 0.3 is 0 Å². The summed E-state index contributed by atoms with van der Waals surface area (Å²) in [5.41, 5.74) is 0.647. The van der Waals surface area contributed by atoms with E-state index in [0.717, 1.165) is 12.1 Å². The lowest BCUT2D eigenvalue weighted by Crippen LogP contribution is -2.14. The van der Waals surface area contributed by atoms with E-state index in [2.05, 4.69) is 9.44 Å². The van der Waals surface area contributed by atoms with Crippen LogP contribution >= 0.6 is 0 Å². The lowest BCUT2D eigenvalue weighted by atomic mass is 10.3. The Morgan fingerprint density at radius 1 is 0.400 bits per heavy atom. The zero-order chi connectivity index (χ0) is 25.1. The summed E-state index contributed by atoms with van der Waals surface area (Å²) < 4.78 is 82.5. The average molecular weight is 529 g/mol. The highest BCUT2D eigenvalue weighted by molar-refractivity contribution is 7.93. The fraction of sp³-hybridized carbons (Fsp3) is 0. The molecule has 4 rings (SSSR count). The first-order valence-corrected chi connectivity index (χ1v) is 14.6. The molecule has 0 heterocycles. The van der Waals surface area contributed by atoms with E-state index >= 15 is 0 Å². The zero-order valence-corrected chi connectivity index (χ0v) is 20.5. The summed E-state index contributed by atoms with van der Waals surface area (Å²) in [5, 5.41) is 0. The maximum absolute atomic E-state index is 13.3. The summed E-state index contributed by atoms with van der Waals surface area (Å²) >= 11 is 0. The van der Waals surface area contributed by atoms with Crippen LogP contribution in [0.25, 0.3) is 0 Å². The Balaban J connectivity index is 1.67. The molecule has 0 saturated carbocycles. The molecule has 4 aromatic carbocycles. The molecule has 4 aromatic rings. The van der Waals surface area contributed by atoms with Crippen molar-refractivity contribution in [2.45, 2.75) is 19.6 Å². The van der Waals surface area contributed by atoms with Crippen molar-refractivity contribution in [3.8, 4) is 0 Å². The monoisotopic (exact) mass is 528 g/mol. The lowest BCUT2D eigenvalue weighted by molar-refractivity contribution is 0.595. The zero-order valence-electron chi connectivity index (χ0n) is 18.1. The van der Waals surface area contributed by atoms with Gasteiger partial charge in [0.25, 0.3) is 20.0 Å². The van der Waals surface area contributed by atoms with E-state index in [1.54, 1.807) is 60.7 Å². The molecule has 0 unspecified atom stereocenters. The largest absolute Gasteiger partial charge is 0.280 e. The molecule has 0 spiro atoms. The first-order chi connectivity index (χ1) is 16.6. The van der Waals surface area contributed by atoms with Gasteiger partial charge in [-0.1, -0.05) is 48.5 Å². The Bertz CT molecular complexity index is 1550. The molecule has 0 fully saturated rings. The van der Waals surface area contributed by atoms with Crippen molar-refractivity contribution >= 4 is 41.3 Å². The van der Waals surface area contributed by atoms with E-state index in [1.165, 1.54) is 36.4 Å². The first kappa shape index (κ1) is 24.5. The van der Waals surface area contributed by atoms with Gasteiger partial charge in [-0.05, 0) is 60.7 Å². The number of benzene rings is 4. The molecule has 0 amide bonds. The van der Waals surface area contributed by atoms with E-state index in [0.29, 0.717) is 11.4 Å². The standard InChI is InChI=1S/C24H20N2O6S3/c27-33(28,21-13-7-15-23(17-21)34(29,30)25-19-9-3-1-4-10-19)22-14-8-16-24(18-22)35(31,32)26-20-11-5-2-6-12-20/h1-18,25-26H. The molecule has 0 aliphatic heterocycles. The topological polar surface area (TPSA) is 126 Å². The van der Waals surface area contributed by atoms with Crippen LogP contribution in [0.2, 0.25) is 0 Å². The van der Waals surface area contributed by atoms with Gasteiger partial charge in [0.2, 0.25) is 9.84 Å². The number of nitrogens with one attached hydrogen (secondary N) is 2. The number of hydrogen-bond donors (Lipinski definition) is 2. The van der Waals surface area contributed by atoms with Crippen molar-refractivity contribution in [3.05, 3.63) is 109 Å². The molecule has 0 aliphatic rings. The Labute approximate surface area is 204 Å². The third-order valence-electron chi connectivity index (χ3n) is 4.90. The van der Waals surface area contributed by atoms with Crippen molar-refractivity contribution in [2.24, 2.45) is 0 Å². The molecule has 0 aromatic heterocycles. The molecule has 8 nitrogen and oxygen atoms in total. The van der Waals surface area contributed by atoms with E-state index < -0.39 is 29.9 Å². The van der Waals surface area contributed by atoms with E-state index in [-0.39, 0.29) is 19.6 Å². The van der Waals surface area contributed by atoms with Gasteiger partial charge in [0.15, 0.2) is 0 Å². The van der Waals surface area contributed by atoms with Crippen LogP contribution in [0.4, 0.5) is 11.4 Å². The Morgan fingerprint density at radius 3 is 1.11 bits per heavy atom. The summed E-state index contributed by atoms with van der Waals surface area (Å²) in [6, 6.07) is 26.1. The Kier molecular flexibility index (Phi) is 6.66. The predicted octanol–water partition coefficient (Wildman–Crippen LogP) is 4.12. The lowest BCUT2D eigenvalue weighted by Gasteiger charge is -2.11. The van der Waals surface area contributed by atoms with Gasteiger partial charge in [-0.2, -0.15) is 0 Å². The summed E-state index contributed by atoms with van der Waals surface area (Å²) in [6.07, 6.45) is 0. The molecule has 0 aliphatic carbocycles. The van der Waals surface area contributed by atoms with Gasteiger partial charge in [0.05, 0.1) is 19.6 Å². The molecule has 0 radical (unpaired) electrons. The SMILES string of the molecule is O=S(=O)(Nc1ccccc1)c1cccc(S(=O)(=O)c2cccc(S(=O)(=O)Nc3ccccc3)c2)c1. The van der Waals surface area contributed by atoms with Crippen molar-refractivity contribution in [1.82, 2.24) is 0 Å². The van der Waals surface area contributed by atoms with Crippen LogP contribution in [-0.2, 0) is 29.9 Å². The Hall–Kier alpha value is -3.67. The molecule has 0 bridgehead atoms. The second kappa shape index (κ2) is 9.53. The van der Waals surface area contributed by atoms with E-state index in [9.17, 15) is 25.3 Å². The third-order valence-corrected chi connectivity index (χ3v) is 9.41. The number of para-hydroxylation sites is 2. The molecular formula is C24H20N2O6S3. The smallest absolute Gasteiger partial charge is 0.261 e. The van der Waals surface area contributed by atoms with Crippen molar-refractivity contribution in [1.29, 1.82) is 0 Å². The molecule has 35 heavy (non-hydrogen) atoms. The maximum atomic E-state index is 13.3. The average Bonchev–Trinajstić information content (AvgIpc) is 2.85. The minimum Gasteiger partial charge on any atom is -0.280 e. The molecular weight excluding hydrogens is 508 g/mol. The van der Waals surface area contributed by atoms with Crippen LogP contribution in [-0.4, -0.2) is 25.3 Å². The van der Waals surface area contributed by atoms with Crippen molar-refractivity contribution in [3.63, 3.8) is 0 Å². The summed E-state index contributed by atoms with van der Waals surface area (Å²) in [6.45, 7) is 0. The molecule has 180 valence electrons. The highest BCUT2D eigenvalue weighted by Gasteiger charge is 2.24. The highest BCUT2D eigenvalue weighted by Crippen LogP contribution is 2.26. The number of hydrogen-bond acceptors (Lipinski definition) is 6. The summed E-state index contributed by atoms with van der Waals surface area (Å²) in [4.78, 5) is -1.09. The van der Waals surface area contributed by atoms with Crippen LogP contribution < -0.4 is 9.44 Å². The maximum Gasteiger partial charge on any atom is 0.261 e. The quantitative estimate of drug-likeness (QED) is 0.354. The van der Waals surface area contributed by atoms with Crippen LogP contribution in [0.1, 0.15) is 0 Å². The number of sulfonamides is 2. The molecule has 0 atom stereocenters. The summed E-state index contributed by atoms with van der Waals surface area (Å²) in [5.74, 6) is 0. The van der Waals surface area contributed by atoms with Crippen LogP contribution in [0, 0.1) is 0 Å². The number of sulfone groups is 1. The van der Waals surface area contributed by atoms with Gasteiger partial charge in [-0.3, -0.25) is 9.44 Å². The molecule has 0 saturated heterocycles. The fourth-order valence-electron chi connectivity index (χ4n) is 3.19. The molecule has 2 N–H and O–H groups in total. The minimum absolute atomic E-state index is 0.253. The van der Waals surface area contributed by atoms with Gasteiger partial charge < -0.3 is 0 Å². The van der Waals surface area contributed by atoms with Gasteiger partial charge in [-0.15, -0.1) is 0 Å². The highest BCUT2D eigenvalue weighted by atomic mass is 32.2. The van der Waals surface area contributed by atoms with Crippen LogP contribution in [0.15, 0.2) is 129 Å². The number of rotatable bonds is 8. The fourth-order valence-corrected chi connectivity index (χ4v) is 6.90. The van der Waals surface area contributed by atoms with E-state index in [4.69, 9.17) is 0 Å². The minimum atomic E-state index is -4.23. The third kappa shape index (κ3) is 5.53. The molecule has 11 heteroatoms. The van der Waals surface area contributed by atoms with Crippen LogP contribution in [0.5, 0.6) is 0 Å². The van der Waals surface area contributed by atoms with Gasteiger partial charge in [0.1, 0.15) is 0 Å². The number of anilines is 2. The van der Waals surface area contributed by atoms with Gasteiger partial charge in [-0.25, -0.2) is 25.3 Å². The normalized spacial score (nSPS) is 12.1. The second-order valence-corrected chi connectivity index (χ2v) is 12.7. The summed E-state index contributed by atoms with van der Waals surface area (Å²) in [7, 11) is -12.4. The predicted molar refractivity (Wildman–Crippen MR) is 133 cm³/mol. The van der Waals surface area contributed by atoms with Crippen molar-refractivity contribution < 1.29 is 25.3 Å². The van der Waals surface area contributed by atoms with E-state index in [1.807, 2.05) is 0 Å². The van der Waals surface area contributed by atoms with Crippen molar-refractivity contribution in [2.75, 3.05) is 9.44 Å². The van der Waals surface area contributed by atoms with Gasteiger partial charge in [0, 0.05) is 11.4 Å².